The second-order valence-corrected chi connectivity index (χ2v) is 9.80. The van der Waals surface area contributed by atoms with Crippen molar-refractivity contribution in [2.24, 2.45) is 10.1 Å². The molecule has 0 atom stereocenters. The van der Waals surface area contributed by atoms with E-state index in [0.717, 1.165) is 21.9 Å². The Labute approximate surface area is 189 Å². The zero-order valence-corrected chi connectivity index (χ0v) is 19.2. The number of amides is 1. The van der Waals surface area contributed by atoms with Crippen molar-refractivity contribution in [3.63, 3.8) is 0 Å². The van der Waals surface area contributed by atoms with Crippen molar-refractivity contribution in [2.45, 2.75) is 24.8 Å². The molecule has 0 radical (unpaired) electrons. The highest BCUT2D eigenvalue weighted by Gasteiger charge is 2.14. The number of rotatable bonds is 7. The van der Waals surface area contributed by atoms with Crippen molar-refractivity contribution >= 4 is 48.3 Å². The summed E-state index contributed by atoms with van der Waals surface area (Å²) in [6, 6.07) is 18.5. The Bertz CT molecular complexity index is 1460. The van der Waals surface area contributed by atoms with Crippen molar-refractivity contribution in [3.8, 4) is 0 Å². The van der Waals surface area contributed by atoms with Gasteiger partial charge in [0.2, 0.25) is 10.0 Å². The maximum Gasteiger partial charge on any atom is 0.252 e. The van der Waals surface area contributed by atoms with E-state index in [9.17, 15) is 13.2 Å². The Hall–Kier alpha value is -2.85. The molecule has 0 spiro atoms. The number of ether oxygens (including phenoxy) is 1. The molecular formula is C23H23N3O4S2. The van der Waals surface area contributed by atoms with E-state index in [0.29, 0.717) is 29.3 Å². The third-order valence-corrected chi connectivity index (χ3v) is 7.04. The molecule has 0 aliphatic heterocycles. The summed E-state index contributed by atoms with van der Waals surface area (Å²) in [6.45, 7) is 3.42. The van der Waals surface area contributed by atoms with Crippen LogP contribution in [0.3, 0.4) is 0 Å². The first-order valence-corrected chi connectivity index (χ1v) is 12.5. The molecule has 9 heteroatoms. The second kappa shape index (κ2) is 9.33. The van der Waals surface area contributed by atoms with Gasteiger partial charge in [0.25, 0.3) is 5.91 Å². The highest BCUT2D eigenvalue weighted by Crippen LogP contribution is 2.22. The number of fused-ring (bicyclic) bond motifs is 2. The second-order valence-electron chi connectivity index (χ2n) is 7.23. The highest BCUT2D eigenvalue weighted by atomic mass is 32.2. The molecule has 4 rings (SSSR count). The molecule has 4 aromatic rings. The zero-order chi connectivity index (χ0) is 22.7. The Balaban J connectivity index is 1.75. The predicted molar refractivity (Wildman–Crippen MR) is 126 cm³/mol. The van der Waals surface area contributed by atoms with E-state index < -0.39 is 10.0 Å². The fourth-order valence-electron chi connectivity index (χ4n) is 3.59. The van der Waals surface area contributed by atoms with E-state index in [1.807, 2.05) is 54.0 Å². The van der Waals surface area contributed by atoms with Gasteiger partial charge in [-0.05, 0) is 41.5 Å². The van der Waals surface area contributed by atoms with Crippen LogP contribution in [0.1, 0.15) is 12.5 Å². The number of carbonyl (C=O) groups is 1. The van der Waals surface area contributed by atoms with Gasteiger partial charge in [0.15, 0.2) is 4.80 Å². The molecule has 1 heterocycles. The Morgan fingerprint density at radius 3 is 2.69 bits per heavy atom. The first kappa shape index (κ1) is 22.3. The maximum absolute atomic E-state index is 12.9. The molecule has 0 saturated carbocycles. The quantitative estimate of drug-likeness (QED) is 0.420. The van der Waals surface area contributed by atoms with Crippen molar-refractivity contribution in [1.29, 1.82) is 0 Å². The van der Waals surface area contributed by atoms with E-state index >= 15 is 0 Å². The summed E-state index contributed by atoms with van der Waals surface area (Å²) in [5.41, 5.74) is 1.69. The van der Waals surface area contributed by atoms with Gasteiger partial charge in [0.05, 0.1) is 28.1 Å². The lowest BCUT2D eigenvalue weighted by Crippen LogP contribution is -2.20. The van der Waals surface area contributed by atoms with E-state index in [1.165, 1.54) is 23.5 Å². The molecule has 1 aromatic heterocycles. The number of hydrogen-bond acceptors (Lipinski definition) is 5. The number of nitrogens with zero attached hydrogens (tertiary/aromatic N) is 2. The van der Waals surface area contributed by atoms with E-state index in [2.05, 4.69) is 4.99 Å². The Kier molecular flexibility index (Phi) is 6.52. The predicted octanol–water partition coefficient (Wildman–Crippen LogP) is 3.21. The van der Waals surface area contributed by atoms with Crippen LogP contribution in [-0.2, 0) is 32.5 Å². The molecule has 0 bridgehead atoms. The van der Waals surface area contributed by atoms with E-state index in [1.54, 1.807) is 6.07 Å². The van der Waals surface area contributed by atoms with Crippen LogP contribution in [0.5, 0.6) is 0 Å². The van der Waals surface area contributed by atoms with Gasteiger partial charge in [-0.25, -0.2) is 13.6 Å². The topological polar surface area (TPSA) is 104 Å². The molecule has 0 aliphatic rings. The summed E-state index contributed by atoms with van der Waals surface area (Å²) in [7, 11) is -3.83. The van der Waals surface area contributed by atoms with Gasteiger partial charge in [0.1, 0.15) is 0 Å². The molecule has 0 saturated heterocycles. The molecule has 2 N–H and O–H groups in total. The van der Waals surface area contributed by atoms with E-state index in [4.69, 9.17) is 9.88 Å². The fourth-order valence-corrected chi connectivity index (χ4v) is 5.31. The highest BCUT2D eigenvalue weighted by molar-refractivity contribution is 7.89. The Morgan fingerprint density at radius 2 is 1.91 bits per heavy atom. The average molecular weight is 470 g/mol. The minimum atomic E-state index is -3.83. The maximum atomic E-state index is 12.9. The number of primary sulfonamides is 1. The number of sulfonamides is 1. The molecule has 1 amide bonds. The lowest BCUT2D eigenvalue weighted by Gasteiger charge is -2.06. The van der Waals surface area contributed by atoms with Crippen LogP contribution in [-0.4, -0.2) is 32.1 Å². The summed E-state index contributed by atoms with van der Waals surface area (Å²) in [4.78, 5) is 17.8. The minimum absolute atomic E-state index is 0.0249. The molecule has 32 heavy (non-hydrogen) atoms. The molecule has 0 fully saturated rings. The van der Waals surface area contributed by atoms with Crippen LogP contribution in [0.25, 0.3) is 21.0 Å². The lowest BCUT2D eigenvalue weighted by molar-refractivity contribution is -0.117. The molecule has 0 aliphatic carbocycles. The van der Waals surface area contributed by atoms with Gasteiger partial charge in [-0.3, -0.25) is 4.79 Å². The van der Waals surface area contributed by atoms with Gasteiger partial charge in [-0.2, -0.15) is 4.99 Å². The number of nitrogens with two attached hydrogens (primary N) is 1. The molecule has 166 valence electrons. The molecule has 7 nitrogen and oxygen atoms in total. The van der Waals surface area contributed by atoms with Crippen molar-refractivity contribution in [1.82, 2.24) is 4.57 Å². The molecular weight excluding hydrogens is 446 g/mol. The summed E-state index contributed by atoms with van der Waals surface area (Å²) >= 11 is 1.25. The average Bonchev–Trinajstić information content (AvgIpc) is 3.10. The van der Waals surface area contributed by atoms with Gasteiger partial charge < -0.3 is 9.30 Å². The monoisotopic (exact) mass is 469 g/mol. The van der Waals surface area contributed by atoms with Crippen LogP contribution in [0, 0.1) is 0 Å². The standard InChI is InChI=1S/C23H23N3O4S2/c1-2-30-13-12-26-20-11-10-18(32(24,28)29)15-21(20)31-23(26)25-22(27)14-17-8-5-7-16-6-3-4-9-19(16)17/h3-11,15H,2,12-14H2,1H3,(H2,24,28,29). The SMILES string of the molecule is CCOCCn1c(=NC(=O)Cc2cccc3ccccc23)sc2cc(S(N)(=O)=O)ccc21. The number of carbonyl (C=O) groups excluding carboxylic acids is 1. The third kappa shape index (κ3) is 4.81. The van der Waals surface area contributed by atoms with Crippen LogP contribution >= 0.6 is 11.3 Å². The van der Waals surface area contributed by atoms with Gasteiger partial charge in [0, 0.05) is 13.2 Å². The smallest absolute Gasteiger partial charge is 0.252 e. The summed E-state index contributed by atoms with van der Waals surface area (Å²) < 4.78 is 31.5. The van der Waals surface area contributed by atoms with Gasteiger partial charge in [-0.1, -0.05) is 53.8 Å². The zero-order valence-electron chi connectivity index (χ0n) is 17.5. The van der Waals surface area contributed by atoms with Crippen LogP contribution < -0.4 is 9.94 Å². The summed E-state index contributed by atoms with van der Waals surface area (Å²) in [5, 5.41) is 7.37. The van der Waals surface area contributed by atoms with Crippen molar-refractivity contribution in [2.75, 3.05) is 13.2 Å². The largest absolute Gasteiger partial charge is 0.380 e. The molecule has 0 unspecified atom stereocenters. The Morgan fingerprint density at radius 1 is 1.12 bits per heavy atom. The first-order valence-electron chi connectivity index (χ1n) is 10.1. The summed E-state index contributed by atoms with van der Waals surface area (Å²) in [5.74, 6) is -0.273. The number of thiazole rings is 1. The number of hydrogen-bond donors (Lipinski definition) is 1. The summed E-state index contributed by atoms with van der Waals surface area (Å²) in [6.07, 6.45) is 0.170. The molecule has 3 aromatic carbocycles. The van der Waals surface area contributed by atoms with E-state index in [-0.39, 0.29) is 17.2 Å². The normalized spacial score (nSPS) is 12.6. The van der Waals surface area contributed by atoms with Gasteiger partial charge >= 0.3 is 0 Å². The van der Waals surface area contributed by atoms with Crippen LogP contribution in [0.4, 0.5) is 0 Å². The van der Waals surface area contributed by atoms with Crippen LogP contribution in [0.2, 0.25) is 0 Å². The van der Waals surface area contributed by atoms with Gasteiger partial charge in [-0.15, -0.1) is 0 Å². The lowest BCUT2D eigenvalue weighted by atomic mass is 10.0. The first-order chi connectivity index (χ1) is 15.4. The number of aromatic nitrogens is 1. The van der Waals surface area contributed by atoms with Crippen molar-refractivity contribution in [3.05, 3.63) is 71.0 Å². The van der Waals surface area contributed by atoms with Crippen molar-refractivity contribution < 1.29 is 17.9 Å². The fraction of sp³-hybridized carbons (Fsp3) is 0.217. The minimum Gasteiger partial charge on any atom is -0.380 e. The van der Waals surface area contributed by atoms with Crippen LogP contribution in [0.15, 0.2) is 70.6 Å². The third-order valence-electron chi connectivity index (χ3n) is 5.09. The number of benzene rings is 3.